The summed E-state index contributed by atoms with van der Waals surface area (Å²) in [5.41, 5.74) is 5.17. The monoisotopic (exact) mass is 268 g/mol. The molecule has 0 spiro atoms. The number of aliphatic carboxylic acids is 1. The van der Waals surface area contributed by atoms with E-state index in [1.54, 1.807) is 0 Å². The van der Waals surface area contributed by atoms with Gasteiger partial charge in [-0.3, -0.25) is 4.79 Å². The van der Waals surface area contributed by atoms with Gasteiger partial charge in [0.25, 0.3) is 0 Å². The lowest BCUT2D eigenvalue weighted by Gasteiger charge is -2.45. The van der Waals surface area contributed by atoms with Gasteiger partial charge >= 0.3 is 5.97 Å². The van der Waals surface area contributed by atoms with Crippen LogP contribution in [0.1, 0.15) is 46.0 Å². The molecule has 1 atom stereocenters. The van der Waals surface area contributed by atoms with Crippen molar-refractivity contribution in [3.63, 3.8) is 0 Å². The minimum Gasteiger partial charge on any atom is -0.480 e. The minimum absolute atomic E-state index is 0.131. The van der Waals surface area contributed by atoms with Crippen LogP contribution in [0, 0.1) is 11.8 Å². The van der Waals surface area contributed by atoms with Crippen molar-refractivity contribution in [2.45, 2.75) is 63.9 Å². The van der Waals surface area contributed by atoms with Crippen LogP contribution < -0.4 is 11.1 Å². The van der Waals surface area contributed by atoms with E-state index in [-0.39, 0.29) is 5.92 Å². The van der Waals surface area contributed by atoms with Gasteiger partial charge in [-0.25, -0.2) is 0 Å². The lowest BCUT2D eigenvalue weighted by molar-refractivity contribution is -0.148. The zero-order valence-electron chi connectivity index (χ0n) is 12.6. The average molecular weight is 268 g/mol. The largest absolute Gasteiger partial charge is 0.480 e. The average Bonchev–Trinajstić information content (AvgIpc) is 2.26. The van der Waals surface area contributed by atoms with E-state index in [4.69, 9.17) is 5.73 Å². The van der Waals surface area contributed by atoms with E-state index in [1.165, 1.54) is 0 Å². The summed E-state index contributed by atoms with van der Waals surface area (Å²) in [6, 6.07) is 0.459. The molecular formula is C14H29BN2O2. The second-order valence-electron chi connectivity index (χ2n) is 6.47. The SMILES string of the molecule is BCCCCC(N)(C(=O)O)[C@H]1C[C@@H](NCC(C)C)C1. The van der Waals surface area contributed by atoms with Gasteiger partial charge in [-0.1, -0.05) is 33.0 Å². The molecule has 1 rings (SSSR count). The van der Waals surface area contributed by atoms with Crippen molar-refractivity contribution in [2.24, 2.45) is 17.6 Å². The number of hydrogen-bond acceptors (Lipinski definition) is 3. The van der Waals surface area contributed by atoms with E-state index in [0.717, 1.165) is 38.5 Å². The zero-order valence-corrected chi connectivity index (χ0v) is 12.6. The Hall–Kier alpha value is -0.545. The lowest BCUT2D eigenvalue weighted by Crippen LogP contribution is -2.61. The molecule has 0 amide bonds. The second kappa shape index (κ2) is 7.29. The van der Waals surface area contributed by atoms with Crippen molar-refractivity contribution in [3.05, 3.63) is 0 Å². The summed E-state index contributed by atoms with van der Waals surface area (Å²) in [6.45, 7) is 5.36. The number of nitrogens with one attached hydrogen (secondary N) is 1. The number of hydrogen-bond donors (Lipinski definition) is 3. The first-order valence-electron chi connectivity index (χ1n) is 7.65. The van der Waals surface area contributed by atoms with Gasteiger partial charge < -0.3 is 16.2 Å². The Morgan fingerprint density at radius 1 is 1.47 bits per heavy atom. The molecule has 0 saturated heterocycles. The molecule has 1 saturated carbocycles. The molecule has 0 aromatic carbocycles. The molecule has 4 nitrogen and oxygen atoms in total. The van der Waals surface area contributed by atoms with Crippen molar-refractivity contribution in [3.8, 4) is 0 Å². The highest BCUT2D eigenvalue weighted by Gasteiger charge is 2.47. The molecule has 0 aromatic rings. The molecule has 0 bridgehead atoms. The van der Waals surface area contributed by atoms with Gasteiger partial charge in [-0.2, -0.15) is 0 Å². The maximum absolute atomic E-state index is 11.5. The van der Waals surface area contributed by atoms with Gasteiger partial charge in [0.15, 0.2) is 0 Å². The van der Waals surface area contributed by atoms with Crippen molar-refractivity contribution < 1.29 is 9.90 Å². The van der Waals surface area contributed by atoms with Crippen molar-refractivity contribution in [1.82, 2.24) is 5.32 Å². The normalized spacial score (nSPS) is 25.9. The summed E-state index contributed by atoms with van der Waals surface area (Å²) in [4.78, 5) is 11.5. The molecule has 0 heterocycles. The highest BCUT2D eigenvalue weighted by Crippen LogP contribution is 2.38. The van der Waals surface area contributed by atoms with Gasteiger partial charge in [-0.05, 0) is 37.6 Å². The van der Waals surface area contributed by atoms with E-state index in [0.29, 0.717) is 18.4 Å². The Morgan fingerprint density at radius 2 is 2.11 bits per heavy atom. The van der Waals surface area contributed by atoms with Crippen molar-refractivity contribution >= 4 is 13.8 Å². The van der Waals surface area contributed by atoms with Crippen molar-refractivity contribution in [1.29, 1.82) is 0 Å². The van der Waals surface area contributed by atoms with Gasteiger partial charge in [0.1, 0.15) is 13.4 Å². The number of carboxylic acids is 1. The molecule has 1 aliphatic carbocycles. The molecular weight excluding hydrogens is 239 g/mol. The van der Waals surface area contributed by atoms with Gasteiger partial charge in [-0.15, -0.1) is 0 Å². The summed E-state index contributed by atoms with van der Waals surface area (Å²) in [6.07, 6.45) is 5.49. The smallest absolute Gasteiger partial charge is 0.323 e. The van der Waals surface area contributed by atoms with Crippen LogP contribution in [0.5, 0.6) is 0 Å². The molecule has 19 heavy (non-hydrogen) atoms. The third-order valence-electron chi connectivity index (χ3n) is 4.27. The van der Waals surface area contributed by atoms with Crippen LogP contribution in [0.4, 0.5) is 0 Å². The number of rotatable bonds is 9. The fourth-order valence-electron chi connectivity index (χ4n) is 2.76. The van der Waals surface area contributed by atoms with Gasteiger partial charge in [0.05, 0.1) is 0 Å². The first-order valence-corrected chi connectivity index (χ1v) is 7.65. The molecule has 1 unspecified atom stereocenters. The minimum atomic E-state index is -1.01. The predicted octanol–water partition coefficient (Wildman–Crippen LogP) is 1.01. The second-order valence-corrected chi connectivity index (χ2v) is 6.47. The van der Waals surface area contributed by atoms with Crippen LogP contribution in [-0.2, 0) is 4.79 Å². The van der Waals surface area contributed by atoms with E-state index >= 15 is 0 Å². The molecule has 5 heteroatoms. The van der Waals surface area contributed by atoms with E-state index in [2.05, 4.69) is 27.0 Å². The third-order valence-corrected chi connectivity index (χ3v) is 4.27. The summed E-state index contributed by atoms with van der Waals surface area (Å²) >= 11 is 0. The summed E-state index contributed by atoms with van der Waals surface area (Å²) in [5.74, 6) is -0.0619. The topological polar surface area (TPSA) is 75.4 Å². The van der Waals surface area contributed by atoms with Crippen LogP contribution in [0.2, 0.25) is 6.32 Å². The summed E-state index contributed by atoms with van der Waals surface area (Å²) in [5, 5.41) is 12.9. The van der Waals surface area contributed by atoms with Crippen LogP contribution in [-0.4, -0.2) is 37.0 Å². The first kappa shape index (κ1) is 16.5. The van der Waals surface area contributed by atoms with Crippen LogP contribution >= 0.6 is 0 Å². The molecule has 1 aliphatic rings. The van der Waals surface area contributed by atoms with Gasteiger partial charge in [0, 0.05) is 6.04 Å². The van der Waals surface area contributed by atoms with Crippen molar-refractivity contribution in [2.75, 3.05) is 6.54 Å². The van der Waals surface area contributed by atoms with Crippen LogP contribution in [0.3, 0.4) is 0 Å². The highest BCUT2D eigenvalue weighted by molar-refractivity contribution is 6.08. The van der Waals surface area contributed by atoms with E-state index in [1.807, 2.05) is 0 Å². The Kier molecular flexibility index (Phi) is 6.34. The Bertz CT molecular complexity index is 293. The van der Waals surface area contributed by atoms with E-state index < -0.39 is 11.5 Å². The maximum atomic E-state index is 11.5. The molecule has 0 radical (unpaired) electrons. The Labute approximate surface area is 117 Å². The fraction of sp³-hybridized carbons (Fsp3) is 0.929. The molecule has 4 N–H and O–H groups in total. The number of carboxylic acid groups (broad SMARTS) is 1. The molecule has 0 aliphatic heterocycles. The van der Waals surface area contributed by atoms with Gasteiger partial charge in [0.2, 0.25) is 0 Å². The molecule has 1 fully saturated rings. The number of carbonyl (C=O) groups is 1. The Balaban J connectivity index is 2.40. The summed E-state index contributed by atoms with van der Waals surface area (Å²) < 4.78 is 0. The van der Waals surface area contributed by atoms with Crippen LogP contribution in [0.25, 0.3) is 0 Å². The highest BCUT2D eigenvalue weighted by atomic mass is 16.4. The molecule has 110 valence electrons. The third kappa shape index (κ3) is 4.50. The summed E-state index contributed by atoms with van der Waals surface area (Å²) in [7, 11) is 2.12. The standard InChI is InChI=1S/C14H29BN2O2/c1-10(2)9-17-12-7-11(8-12)14(16,13(18)19)5-3-4-6-15/h10-12,17H,3-9,15-16H2,1-2H3,(H,18,19)/t11-,12+,14?. The quantitative estimate of drug-likeness (QED) is 0.431. The predicted molar refractivity (Wildman–Crippen MR) is 81.1 cm³/mol. The molecule has 0 aromatic heterocycles. The lowest BCUT2D eigenvalue weighted by atomic mass is 9.66. The van der Waals surface area contributed by atoms with E-state index in [9.17, 15) is 9.90 Å². The first-order chi connectivity index (χ1) is 8.90. The number of unbranched alkanes of at least 4 members (excludes halogenated alkanes) is 1. The fourth-order valence-corrected chi connectivity index (χ4v) is 2.76. The Morgan fingerprint density at radius 3 is 2.58 bits per heavy atom. The van der Waals surface area contributed by atoms with Crippen LogP contribution in [0.15, 0.2) is 0 Å². The maximum Gasteiger partial charge on any atom is 0.323 e. The zero-order chi connectivity index (χ0) is 14.5. The number of nitrogens with two attached hydrogens (primary N) is 1.